The number of hydrogen-bond donors (Lipinski definition) is 3. The number of unbranched alkanes of at least 4 members (excludes halogenated alkanes) is 3. The third-order valence-corrected chi connectivity index (χ3v) is 3.69. The molecule has 0 aromatic carbocycles. The minimum atomic E-state index is -0.135. The van der Waals surface area contributed by atoms with E-state index in [0.29, 0.717) is 12.6 Å². The van der Waals surface area contributed by atoms with Gasteiger partial charge in [-0.2, -0.15) is 0 Å². The Morgan fingerprint density at radius 2 is 1.87 bits per heavy atom. The molecule has 90 valence electrons. The Hall–Kier alpha value is -0.120. The third-order valence-electron chi connectivity index (χ3n) is 3.69. The van der Waals surface area contributed by atoms with E-state index in [4.69, 9.17) is 5.11 Å². The third kappa shape index (κ3) is 3.44. The lowest BCUT2D eigenvalue weighted by Crippen LogP contribution is -2.60. The smallest absolute Gasteiger partial charge is 0.0621 e. The lowest BCUT2D eigenvalue weighted by Gasteiger charge is -2.49. The van der Waals surface area contributed by atoms with Crippen LogP contribution < -0.4 is 5.32 Å². The van der Waals surface area contributed by atoms with Crippen LogP contribution in [0.1, 0.15) is 46.0 Å². The van der Waals surface area contributed by atoms with Gasteiger partial charge in [0.25, 0.3) is 0 Å². The minimum Gasteiger partial charge on any atom is -0.396 e. The van der Waals surface area contributed by atoms with Crippen LogP contribution in [0.15, 0.2) is 0 Å². The zero-order chi connectivity index (χ0) is 11.3. The van der Waals surface area contributed by atoms with E-state index in [-0.39, 0.29) is 11.5 Å². The summed E-state index contributed by atoms with van der Waals surface area (Å²) in [6.45, 7) is 5.58. The predicted octanol–water partition coefficient (Wildman–Crippen LogP) is 1.29. The molecule has 15 heavy (non-hydrogen) atoms. The zero-order valence-corrected chi connectivity index (χ0v) is 10.00. The normalized spacial score (nSPS) is 28.8. The molecule has 0 amide bonds. The second-order valence-corrected chi connectivity index (χ2v) is 5.22. The quantitative estimate of drug-likeness (QED) is 0.561. The number of aliphatic hydroxyl groups is 2. The molecule has 0 spiro atoms. The maximum absolute atomic E-state index is 9.55. The molecule has 0 saturated heterocycles. The molecule has 1 saturated carbocycles. The molecule has 3 nitrogen and oxygen atoms in total. The Kier molecular flexibility index (Phi) is 5.03. The fraction of sp³-hybridized carbons (Fsp3) is 1.00. The summed E-state index contributed by atoms with van der Waals surface area (Å²) in [5, 5.41) is 21.7. The largest absolute Gasteiger partial charge is 0.396 e. The fourth-order valence-corrected chi connectivity index (χ4v) is 2.12. The van der Waals surface area contributed by atoms with Gasteiger partial charge < -0.3 is 15.5 Å². The Balaban J connectivity index is 1.97. The molecule has 1 rings (SSSR count). The van der Waals surface area contributed by atoms with E-state index in [2.05, 4.69) is 19.2 Å². The zero-order valence-electron chi connectivity index (χ0n) is 10.00. The number of aliphatic hydroxyl groups excluding tert-OH is 2. The van der Waals surface area contributed by atoms with Gasteiger partial charge in [0.15, 0.2) is 0 Å². The van der Waals surface area contributed by atoms with Crippen LogP contribution >= 0.6 is 0 Å². The molecule has 2 unspecified atom stereocenters. The summed E-state index contributed by atoms with van der Waals surface area (Å²) in [5.74, 6) is 0. The Morgan fingerprint density at radius 3 is 2.40 bits per heavy atom. The van der Waals surface area contributed by atoms with Crippen molar-refractivity contribution in [2.45, 2.75) is 58.1 Å². The first-order valence-electron chi connectivity index (χ1n) is 6.11. The van der Waals surface area contributed by atoms with Crippen molar-refractivity contribution in [1.82, 2.24) is 5.32 Å². The average molecular weight is 215 g/mol. The van der Waals surface area contributed by atoms with Crippen molar-refractivity contribution in [3.63, 3.8) is 0 Å². The number of rotatable bonds is 7. The Morgan fingerprint density at radius 1 is 1.20 bits per heavy atom. The van der Waals surface area contributed by atoms with Gasteiger partial charge >= 0.3 is 0 Å². The highest BCUT2D eigenvalue weighted by molar-refractivity contribution is 5.01. The van der Waals surface area contributed by atoms with E-state index >= 15 is 0 Å². The minimum absolute atomic E-state index is 0.0467. The van der Waals surface area contributed by atoms with Crippen molar-refractivity contribution in [2.24, 2.45) is 5.41 Å². The van der Waals surface area contributed by atoms with Gasteiger partial charge in [0, 0.05) is 18.1 Å². The molecule has 1 fully saturated rings. The molecular formula is C12H25NO2. The highest BCUT2D eigenvalue weighted by atomic mass is 16.3. The second kappa shape index (κ2) is 5.83. The first-order valence-corrected chi connectivity index (χ1v) is 6.11. The molecular weight excluding hydrogens is 190 g/mol. The maximum atomic E-state index is 9.55. The van der Waals surface area contributed by atoms with Gasteiger partial charge in [-0.3, -0.25) is 0 Å². The SMILES string of the molecule is CC1(C)C(O)CC1NCCCCCCO. The summed E-state index contributed by atoms with van der Waals surface area (Å²) < 4.78 is 0. The van der Waals surface area contributed by atoms with Crippen LogP contribution in [0.5, 0.6) is 0 Å². The highest BCUT2D eigenvalue weighted by Crippen LogP contribution is 2.40. The lowest BCUT2D eigenvalue weighted by molar-refractivity contribution is -0.0722. The molecule has 0 bridgehead atoms. The van der Waals surface area contributed by atoms with E-state index in [1.54, 1.807) is 0 Å². The van der Waals surface area contributed by atoms with Crippen molar-refractivity contribution in [2.75, 3.05) is 13.2 Å². The van der Waals surface area contributed by atoms with Gasteiger partial charge in [-0.15, -0.1) is 0 Å². The summed E-state index contributed by atoms with van der Waals surface area (Å²) in [6.07, 6.45) is 5.15. The predicted molar refractivity (Wildman–Crippen MR) is 61.7 cm³/mol. The summed E-state index contributed by atoms with van der Waals surface area (Å²) >= 11 is 0. The van der Waals surface area contributed by atoms with E-state index in [9.17, 15) is 5.11 Å². The van der Waals surface area contributed by atoms with Crippen molar-refractivity contribution in [3.05, 3.63) is 0 Å². The molecule has 1 aliphatic rings. The Labute approximate surface area is 92.9 Å². The van der Waals surface area contributed by atoms with E-state index in [1.807, 2.05) is 0 Å². The first kappa shape index (κ1) is 12.9. The van der Waals surface area contributed by atoms with Crippen LogP contribution in [-0.4, -0.2) is 35.5 Å². The molecule has 0 aliphatic heterocycles. The van der Waals surface area contributed by atoms with Crippen molar-refractivity contribution < 1.29 is 10.2 Å². The summed E-state index contributed by atoms with van der Waals surface area (Å²) in [6, 6.07) is 0.477. The van der Waals surface area contributed by atoms with Gasteiger partial charge in [0.2, 0.25) is 0 Å². The van der Waals surface area contributed by atoms with Gasteiger partial charge in [-0.25, -0.2) is 0 Å². The van der Waals surface area contributed by atoms with E-state index in [1.165, 1.54) is 12.8 Å². The van der Waals surface area contributed by atoms with Gasteiger partial charge in [0.1, 0.15) is 0 Å². The van der Waals surface area contributed by atoms with Crippen LogP contribution in [0.4, 0.5) is 0 Å². The first-order chi connectivity index (χ1) is 7.09. The average Bonchev–Trinajstić information content (AvgIpc) is 2.21. The second-order valence-electron chi connectivity index (χ2n) is 5.22. The fourth-order valence-electron chi connectivity index (χ4n) is 2.12. The molecule has 3 N–H and O–H groups in total. The van der Waals surface area contributed by atoms with Crippen molar-refractivity contribution in [3.8, 4) is 0 Å². The molecule has 0 radical (unpaired) electrons. The van der Waals surface area contributed by atoms with Gasteiger partial charge in [-0.05, 0) is 25.8 Å². The van der Waals surface area contributed by atoms with Crippen molar-refractivity contribution >= 4 is 0 Å². The summed E-state index contributed by atoms with van der Waals surface area (Å²) in [7, 11) is 0. The van der Waals surface area contributed by atoms with Crippen LogP contribution in [0.3, 0.4) is 0 Å². The monoisotopic (exact) mass is 215 g/mol. The highest BCUT2D eigenvalue weighted by Gasteiger charge is 2.46. The topological polar surface area (TPSA) is 52.5 Å². The lowest BCUT2D eigenvalue weighted by atomic mass is 9.64. The summed E-state index contributed by atoms with van der Waals surface area (Å²) in [5.41, 5.74) is 0.0467. The molecule has 0 heterocycles. The maximum Gasteiger partial charge on any atom is 0.0621 e. The summed E-state index contributed by atoms with van der Waals surface area (Å²) in [4.78, 5) is 0. The van der Waals surface area contributed by atoms with Crippen molar-refractivity contribution in [1.29, 1.82) is 0 Å². The standard InChI is InChI=1S/C12H25NO2/c1-12(2)10(9-11(12)15)13-7-5-3-4-6-8-14/h10-11,13-15H,3-9H2,1-2H3. The molecule has 0 aromatic heterocycles. The van der Waals surface area contributed by atoms with Crippen LogP contribution in [0.25, 0.3) is 0 Å². The number of nitrogens with one attached hydrogen (secondary N) is 1. The van der Waals surface area contributed by atoms with Crippen LogP contribution in [0.2, 0.25) is 0 Å². The van der Waals surface area contributed by atoms with E-state index in [0.717, 1.165) is 25.8 Å². The Bertz CT molecular complexity index is 182. The molecule has 2 atom stereocenters. The molecule has 3 heteroatoms. The van der Waals surface area contributed by atoms with Crippen LogP contribution in [-0.2, 0) is 0 Å². The van der Waals surface area contributed by atoms with E-state index < -0.39 is 0 Å². The molecule has 1 aliphatic carbocycles. The molecule has 0 aromatic rings. The van der Waals surface area contributed by atoms with Crippen LogP contribution in [0, 0.1) is 5.41 Å². The van der Waals surface area contributed by atoms with Gasteiger partial charge in [-0.1, -0.05) is 26.7 Å². The number of hydrogen-bond acceptors (Lipinski definition) is 3. The van der Waals surface area contributed by atoms with Gasteiger partial charge in [0.05, 0.1) is 6.10 Å².